The van der Waals surface area contributed by atoms with Crippen LogP contribution in [0.15, 0.2) is 4.99 Å². The molecule has 0 aliphatic rings. The van der Waals surface area contributed by atoms with Gasteiger partial charge in [0.2, 0.25) is 0 Å². The molecule has 18 heavy (non-hydrogen) atoms. The van der Waals surface area contributed by atoms with E-state index in [4.69, 9.17) is 4.99 Å². The summed E-state index contributed by atoms with van der Waals surface area (Å²) in [5.41, 5.74) is 0. The summed E-state index contributed by atoms with van der Waals surface area (Å²) < 4.78 is 0. The molecule has 0 atom stereocenters. The van der Waals surface area contributed by atoms with E-state index in [1.165, 1.54) is 32.1 Å². The van der Waals surface area contributed by atoms with E-state index in [1.54, 1.807) is 0 Å². The number of guanidine groups is 1. The van der Waals surface area contributed by atoms with Crippen LogP contribution in [0, 0.1) is 0 Å². The third kappa shape index (κ3) is 8.56. The fourth-order valence-corrected chi connectivity index (χ4v) is 3.13. The van der Waals surface area contributed by atoms with Crippen LogP contribution in [0.25, 0.3) is 0 Å². The Morgan fingerprint density at radius 3 is 2.11 bits per heavy atom. The minimum Gasteiger partial charge on any atom is -0.349 e. The van der Waals surface area contributed by atoms with Crippen LogP contribution in [0.1, 0.15) is 39.0 Å². The number of hydrogen-bond donors (Lipinski definition) is 0. The van der Waals surface area contributed by atoms with Crippen molar-refractivity contribution >= 4 is 14.8 Å². The Morgan fingerprint density at radius 1 is 1.00 bits per heavy atom. The zero-order valence-corrected chi connectivity index (χ0v) is 14.3. The molecule has 0 aromatic rings. The zero-order valence-electron chi connectivity index (χ0n) is 13.3. The van der Waals surface area contributed by atoms with Gasteiger partial charge in [0.25, 0.3) is 0 Å². The third-order valence-corrected chi connectivity index (χ3v) is 3.92. The lowest BCUT2D eigenvalue weighted by molar-refractivity contribution is 0.462. The van der Waals surface area contributed by atoms with E-state index in [0.29, 0.717) is 0 Å². The highest BCUT2D eigenvalue weighted by atomic mass is 28.3. The number of rotatable bonds is 8. The average Bonchev–Trinajstić information content (AvgIpc) is 2.26. The van der Waals surface area contributed by atoms with Crippen LogP contribution in [-0.4, -0.2) is 58.4 Å². The minimum absolute atomic E-state index is 0.235. The zero-order chi connectivity index (χ0) is 14.0. The summed E-state index contributed by atoms with van der Waals surface area (Å²) >= 11 is 0. The van der Waals surface area contributed by atoms with E-state index >= 15 is 0 Å². The van der Waals surface area contributed by atoms with Gasteiger partial charge in [0.15, 0.2) is 5.96 Å². The molecule has 0 aliphatic carbocycles. The molecule has 0 heterocycles. The molecule has 0 rings (SSSR count). The van der Waals surface area contributed by atoms with Crippen molar-refractivity contribution in [2.75, 3.05) is 33.9 Å². The van der Waals surface area contributed by atoms with Crippen molar-refractivity contribution in [2.24, 2.45) is 4.99 Å². The average molecular weight is 271 g/mol. The largest absolute Gasteiger partial charge is 0.349 e. The van der Waals surface area contributed by atoms with E-state index in [1.807, 2.05) is 0 Å². The van der Waals surface area contributed by atoms with Crippen LogP contribution in [-0.2, 0) is 0 Å². The molecule has 107 valence electrons. The topological polar surface area (TPSA) is 18.8 Å². The number of unbranched alkanes of at least 4 members (excludes halogenated alkanes) is 4. The second kappa shape index (κ2) is 10.4. The van der Waals surface area contributed by atoms with Gasteiger partial charge in [-0.1, -0.05) is 45.7 Å². The molecule has 1 radical (unpaired) electrons. The first-order valence-corrected chi connectivity index (χ1v) is 9.91. The van der Waals surface area contributed by atoms with E-state index in [9.17, 15) is 0 Å². The summed E-state index contributed by atoms with van der Waals surface area (Å²) in [5.74, 6) is 1.14. The number of hydrogen-bond acceptors (Lipinski definition) is 1. The predicted molar refractivity (Wildman–Crippen MR) is 84.9 cm³/mol. The monoisotopic (exact) mass is 270 g/mol. The fourth-order valence-electron chi connectivity index (χ4n) is 2.04. The normalized spacial score (nSPS) is 12.1. The first-order valence-electron chi connectivity index (χ1n) is 7.21. The highest BCUT2D eigenvalue weighted by Gasteiger charge is 2.10. The molecular weight excluding hydrogens is 238 g/mol. The standard InChI is InChI=1S/C14H32N3Si/c1-7-8-9-10-11-12-15-14(16(2)3)17(4)13-18(5)6/h7-13H2,1-6H3. The van der Waals surface area contributed by atoms with Gasteiger partial charge in [0.05, 0.1) is 8.80 Å². The molecule has 0 saturated carbocycles. The third-order valence-electron chi connectivity index (χ3n) is 2.81. The highest BCUT2D eigenvalue weighted by Crippen LogP contribution is 2.03. The summed E-state index contributed by atoms with van der Waals surface area (Å²) in [5, 5.41) is 0. The second-order valence-corrected chi connectivity index (χ2v) is 8.28. The summed E-state index contributed by atoms with van der Waals surface area (Å²) in [6.45, 7) is 7.92. The van der Waals surface area contributed by atoms with Gasteiger partial charge in [-0.05, 0) is 6.42 Å². The molecule has 0 N–H and O–H groups in total. The molecule has 3 nitrogen and oxygen atoms in total. The maximum Gasteiger partial charge on any atom is 0.195 e. The summed E-state index contributed by atoms with van der Waals surface area (Å²) in [6.07, 6.45) is 7.74. The number of nitrogens with zero attached hydrogens (tertiary/aromatic N) is 3. The van der Waals surface area contributed by atoms with Crippen LogP contribution >= 0.6 is 0 Å². The van der Waals surface area contributed by atoms with Gasteiger partial charge in [-0.3, -0.25) is 4.99 Å². The van der Waals surface area contributed by atoms with Gasteiger partial charge in [0, 0.05) is 33.9 Å². The molecule has 0 aromatic carbocycles. The molecule has 0 fully saturated rings. The maximum atomic E-state index is 4.76. The molecule has 0 unspecified atom stereocenters. The fraction of sp³-hybridized carbons (Fsp3) is 0.929. The van der Waals surface area contributed by atoms with Gasteiger partial charge < -0.3 is 9.80 Å². The molecule has 0 aromatic heterocycles. The maximum absolute atomic E-state index is 4.76. The molecular formula is C14H32N3Si. The van der Waals surface area contributed by atoms with Crippen molar-refractivity contribution in [3.8, 4) is 0 Å². The summed E-state index contributed by atoms with van der Waals surface area (Å²) in [7, 11) is 6.10. The van der Waals surface area contributed by atoms with Gasteiger partial charge in [-0.15, -0.1) is 0 Å². The van der Waals surface area contributed by atoms with Crippen molar-refractivity contribution in [3.63, 3.8) is 0 Å². The Kier molecular flexibility index (Phi) is 10.1. The summed E-state index contributed by atoms with van der Waals surface area (Å²) in [6, 6.07) is 0. The second-order valence-electron chi connectivity index (χ2n) is 5.55. The molecule has 0 saturated heterocycles. The lowest BCUT2D eigenvalue weighted by Gasteiger charge is -2.27. The molecule has 0 bridgehead atoms. The lowest BCUT2D eigenvalue weighted by Crippen LogP contribution is -2.42. The quantitative estimate of drug-likeness (QED) is 0.292. The Labute approximate surface area is 116 Å². The van der Waals surface area contributed by atoms with Crippen LogP contribution in [0.5, 0.6) is 0 Å². The van der Waals surface area contributed by atoms with Gasteiger partial charge in [-0.2, -0.15) is 0 Å². The van der Waals surface area contributed by atoms with Crippen LogP contribution < -0.4 is 0 Å². The molecule has 0 spiro atoms. The number of aliphatic imine (C=N–C) groups is 1. The Balaban J connectivity index is 4.08. The van der Waals surface area contributed by atoms with E-state index in [-0.39, 0.29) is 8.80 Å². The summed E-state index contributed by atoms with van der Waals surface area (Å²) in [4.78, 5) is 9.20. The molecule has 0 amide bonds. The first kappa shape index (κ1) is 17.5. The van der Waals surface area contributed by atoms with Crippen LogP contribution in [0.2, 0.25) is 13.1 Å². The minimum atomic E-state index is -0.235. The van der Waals surface area contributed by atoms with Crippen molar-refractivity contribution in [2.45, 2.75) is 52.1 Å². The van der Waals surface area contributed by atoms with Gasteiger partial charge in [-0.25, -0.2) is 0 Å². The SMILES string of the molecule is CCCCCCCN=C(N(C)C)N(C)C[Si](C)C. The Bertz CT molecular complexity index is 227. The molecule has 4 heteroatoms. The van der Waals surface area contributed by atoms with Crippen molar-refractivity contribution in [1.29, 1.82) is 0 Å². The Hall–Kier alpha value is -0.513. The lowest BCUT2D eigenvalue weighted by atomic mass is 10.2. The van der Waals surface area contributed by atoms with Crippen molar-refractivity contribution in [1.82, 2.24) is 9.80 Å². The Morgan fingerprint density at radius 2 is 1.61 bits per heavy atom. The highest BCUT2D eigenvalue weighted by molar-refractivity contribution is 6.56. The smallest absolute Gasteiger partial charge is 0.195 e. The van der Waals surface area contributed by atoms with Crippen LogP contribution in [0.4, 0.5) is 0 Å². The van der Waals surface area contributed by atoms with Gasteiger partial charge in [0.1, 0.15) is 0 Å². The van der Waals surface area contributed by atoms with E-state index < -0.39 is 0 Å². The first-order chi connectivity index (χ1) is 8.49. The predicted octanol–water partition coefficient (Wildman–Crippen LogP) is 3.10. The van der Waals surface area contributed by atoms with Crippen molar-refractivity contribution < 1.29 is 0 Å². The van der Waals surface area contributed by atoms with Crippen molar-refractivity contribution in [3.05, 3.63) is 0 Å². The van der Waals surface area contributed by atoms with Gasteiger partial charge >= 0.3 is 0 Å². The molecule has 0 aliphatic heterocycles. The van der Waals surface area contributed by atoms with E-state index in [0.717, 1.165) is 18.7 Å². The van der Waals surface area contributed by atoms with Crippen LogP contribution in [0.3, 0.4) is 0 Å². The van der Waals surface area contributed by atoms with E-state index in [2.05, 4.69) is 51.0 Å².